The van der Waals surface area contributed by atoms with Crippen LogP contribution in [0.4, 0.5) is 5.69 Å². The zero-order chi connectivity index (χ0) is 16.0. The van der Waals surface area contributed by atoms with Gasteiger partial charge in [-0.25, -0.2) is 0 Å². The number of nitro groups is 1. The van der Waals surface area contributed by atoms with E-state index in [0.717, 1.165) is 18.7 Å². The summed E-state index contributed by atoms with van der Waals surface area (Å²) in [5, 5.41) is 14.2. The lowest BCUT2D eigenvalue weighted by Gasteiger charge is -2.31. The molecule has 1 unspecified atom stereocenters. The monoisotopic (exact) mass is 293 g/mol. The molecule has 1 N–H and O–H groups in total. The van der Waals surface area contributed by atoms with Gasteiger partial charge in [0.15, 0.2) is 0 Å². The summed E-state index contributed by atoms with van der Waals surface area (Å²) < 4.78 is 0. The number of rotatable bonds is 8. The van der Waals surface area contributed by atoms with E-state index in [-0.39, 0.29) is 16.7 Å². The molecule has 0 saturated heterocycles. The van der Waals surface area contributed by atoms with Crippen LogP contribution in [-0.2, 0) is 0 Å². The third-order valence-electron chi connectivity index (χ3n) is 3.73. The predicted molar refractivity (Wildman–Crippen MR) is 86.5 cm³/mol. The molecule has 0 aromatic heterocycles. The number of nitrogens with zero attached hydrogens (tertiary/aromatic N) is 2. The van der Waals surface area contributed by atoms with Crippen molar-refractivity contribution in [2.75, 3.05) is 13.1 Å². The lowest BCUT2D eigenvalue weighted by molar-refractivity contribution is -0.384. The van der Waals surface area contributed by atoms with Crippen LogP contribution in [0.5, 0.6) is 0 Å². The van der Waals surface area contributed by atoms with Crippen LogP contribution in [0.2, 0.25) is 0 Å². The molecule has 1 aromatic rings. The minimum absolute atomic E-state index is 0.103. The Morgan fingerprint density at radius 3 is 2.33 bits per heavy atom. The van der Waals surface area contributed by atoms with Crippen LogP contribution in [0.25, 0.3) is 0 Å². The van der Waals surface area contributed by atoms with Crippen LogP contribution in [0.1, 0.15) is 46.2 Å². The van der Waals surface area contributed by atoms with E-state index in [1.807, 2.05) is 13.0 Å². The van der Waals surface area contributed by atoms with Crippen molar-refractivity contribution in [2.45, 2.75) is 52.7 Å². The van der Waals surface area contributed by atoms with Crippen molar-refractivity contribution >= 4 is 5.69 Å². The second-order valence-corrected chi connectivity index (χ2v) is 5.95. The average molecular weight is 293 g/mol. The van der Waals surface area contributed by atoms with E-state index < -0.39 is 0 Å². The van der Waals surface area contributed by atoms with Crippen molar-refractivity contribution < 1.29 is 4.92 Å². The molecule has 0 amide bonds. The van der Waals surface area contributed by atoms with E-state index in [4.69, 9.17) is 0 Å². The molecule has 1 rings (SSSR count). The maximum atomic E-state index is 10.8. The van der Waals surface area contributed by atoms with E-state index >= 15 is 0 Å². The first-order valence-corrected chi connectivity index (χ1v) is 7.56. The standard InChI is InChI=1S/C16H27N3O2/c1-12(2)18(13(3)4)10-9-17-14(5)15-7-6-8-16(11-15)19(20)21/h6-8,11-14,17H,9-10H2,1-5H3. The molecule has 0 bridgehead atoms. The van der Waals surface area contributed by atoms with Crippen LogP contribution in [0.15, 0.2) is 24.3 Å². The third kappa shape index (κ3) is 5.44. The van der Waals surface area contributed by atoms with Gasteiger partial charge in [-0.1, -0.05) is 12.1 Å². The summed E-state index contributed by atoms with van der Waals surface area (Å²) in [4.78, 5) is 12.9. The van der Waals surface area contributed by atoms with Gasteiger partial charge in [0, 0.05) is 43.3 Å². The van der Waals surface area contributed by atoms with Crippen molar-refractivity contribution in [3.05, 3.63) is 39.9 Å². The Balaban J connectivity index is 2.55. The lowest BCUT2D eigenvalue weighted by Crippen LogP contribution is -2.41. The van der Waals surface area contributed by atoms with Crippen LogP contribution in [-0.4, -0.2) is 35.0 Å². The summed E-state index contributed by atoms with van der Waals surface area (Å²) in [6.45, 7) is 12.7. The molecule has 0 spiro atoms. The van der Waals surface area contributed by atoms with Crippen LogP contribution >= 0.6 is 0 Å². The van der Waals surface area contributed by atoms with Crippen molar-refractivity contribution in [3.63, 3.8) is 0 Å². The minimum Gasteiger partial charge on any atom is -0.309 e. The van der Waals surface area contributed by atoms with Crippen LogP contribution < -0.4 is 5.32 Å². The summed E-state index contributed by atoms with van der Waals surface area (Å²) in [7, 11) is 0. The normalized spacial score (nSPS) is 13.1. The van der Waals surface area contributed by atoms with Gasteiger partial charge in [0.1, 0.15) is 0 Å². The fraction of sp³-hybridized carbons (Fsp3) is 0.625. The second-order valence-electron chi connectivity index (χ2n) is 5.95. The number of non-ortho nitro benzene ring substituents is 1. The molecule has 0 aliphatic heterocycles. The first-order valence-electron chi connectivity index (χ1n) is 7.56. The molecule has 0 saturated carbocycles. The smallest absolute Gasteiger partial charge is 0.269 e. The SMILES string of the molecule is CC(NCCN(C(C)C)C(C)C)c1cccc([N+](=O)[O-])c1. The summed E-state index contributed by atoms with van der Waals surface area (Å²) in [5.74, 6) is 0. The first-order chi connectivity index (χ1) is 9.82. The van der Waals surface area contributed by atoms with Crippen LogP contribution in [0.3, 0.4) is 0 Å². The number of nitro benzene ring substituents is 1. The first kappa shape index (κ1) is 17.6. The Kier molecular flexibility index (Phi) is 6.78. The molecule has 0 heterocycles. The van der Waals surface area contributed by atoms with Crippen molar-refractivity contribution in [1.29, 1.82) is 0 Å². The van der Waals surface area contributed by atoms with E-state index in [1.165, 1.54) is 6.07 Å². The Labute approximate surface area is 127 Å². The quantitative estimate of drug-likeness (QED) is 0.590. The van der Waals surface area contributed by atoms with Gasteiger partial charge in [0.05, 0.1) is 4.92 Å². The number of hydrogen-bond acceptors (Lipinski definition) is 4. The molecule has 21 heavy (non-hydrogen) atoms. The van der Waals surface area contributed by atoms with Gasteiger partial charge in [-0.05, 0) is 40.2 Å². The Morgan fingerprint density at radius 1 is 1.19 bits per heavy atom. The molecular formula is C16H27N3O2. The van der Waals surface area contributed by atoms with Crippen molar-refractivity contribution in [2.24, 2.45) is 0 Å². The number of hydrogen-bond donors (Lipinski definition) is 1. The summed E-state index contributed by atoms with van der Waals surface area (Å²) in [6, 6.07) is 7.95. The van der Waals surface area contributed by atoms with Gasteiger partial charge >= 0.3 is 0 Å². The summed E-state index contributed by atoms with van der Waals surface area (Å²) in [6.07, 6.45) is 0. The third-order valence-corrected chi connectivity index (χ3v) is 3.73. The maximum absolute atomic E-state index is 10.8. The lowest BCUT2D eigenvalue weighted by atomic mass is 10.1. The summed E-state index contributed by atoms with van der Waals surface area (Å²) in [5.41, 5.74) is 1.09. The average Bonchev–Trinajstić information content (AvgIpc) is 2.42. The van der Waals surface area contributed by atoms with Crippen molar-refractivity contribution in [3.8, 4) is 0 Å². The van der Waals surface area contributed by atoms with E-state index in [2.05, 4.69) is 37.9 Å². The molecule has 118 valence electrons. The highest BCUT2D eigenvalue weighted by molar-refractivity contribution is 5.35. The number of benzene rings is 1. The largest absolute Gasteiger partial charge is 0.309 e. The van der Waals surface area contributed by atoms with E-state index in [0.29, 0.717) is 12.1 Å². The fourth-order valence-corrected chi connectivity index (χ4v) is 2.55. The summed E-state index contributed by atoms with van der Waals surface area (Å²) >= 11 is 0. The molecule has 0 fully saturated rings. The van der Waals surface area contributed by atoms with Crippen LogP contribution in [0, 0.1) is 10.1 Å². The van der Waals surface area contributed by atoms with Gasteiger partial charge in [0.2, 0.25) is 0 Å². The van der Waals surface area contributed by atoms with Gasteiger partial charge in [0.25, 0.3) is 5.69 Å². The van der Waals surface area contributed by atoms with Gasteiger partial charge in [-0.15, -0.1) is 0 Å². The molecular weight excluding hydrogens is 266 g/mol. The second kappa shape index (κ2) is 8.10. The maximum Gasteiger partial charge on any atom is 0.269 e. The highest BCUT2D eigenvalue weighted by Crippen LogP contribution is 2.18. The highest BCUT2D eigenvalue weighted by Gasteiger charge is 2.14. The Morgan fingerprint density at radius 2 is 1.81 bits per heavy atom. The Bertz CT molecular complexity index is 453. The van der Waals surface area contributed by atoms with Gasteiger partial charge < -0.3 is 5.32 Å². The fourth-order valence-electron chi connectivity index (χ4n) is 2.55. The number of nitrogens with one attached hydrogen (secondary N) is 1. The van der Waals surface area contributed by atoms with Crippen molar-refractivity contribution in [1.82, 2.24) is 10.2 Å². The minimum atomic E-state index is -0.352. The van der Waals surface area contributed by atoms with E-state index in [9.17, 15) is 10.1 Å². The topological polar surface area (TPSA) is 58.4 Å². The molecule has 5 heteroatoms. The zero-order valence-corrected chi connectivity index (χ0v) is 13.7. The predicted octanol–water partition coefficient (Wildman–Crippen LogP) is 3.36. The van der Waals surface area contributed by atoms with Gasteiger partial charge in [-0.2, -0.15) is 0 Å². The van der Waals surface area contributed by atoms with E-state index in [1.54, 1.807) is 12.1 Å². The molecule has 1 aromatic carbocycles. The van der Waals surface area contributed by atoms with Gasteiger partial charge in [-0.3, -0.25) is 15.0 Å². The molecule has 0 aliphatic carbocycles. The molecule has 0 aliphatic rings. The zero-order valence-electron chi connectivity index (χ0n) is 13.7. The molecule has 1 atom stereocenters. The molecule has 0 radical (unpaired) electrons. The highest BCUT2D eigenvalue weighted by atomic mass is 16.6. The Hall–Kier alpha value is -1.46. The molecule has 5 nitrogen and oxygen atoms in total.